The highest BCUT2D eigenvalue weighted by atomic mass is 32.1. The molecular formula is C23H34N8O4S. The van der Waals surface area contributed by atoms with Crippen molar-refractivity contribution < 1.29 is 19.2 Å². The summed E-state index contributed by atoms with van der Waals surface area (Å²) < 4.78 is 0. The summed E-state index contributed by atoms with van der Waals surface area (Å²) in [6.45, 7) is 4.72. The van der Waals surface area contributed by atoms with Gasteiger partial charge in [0.05, 0.1) is 11.4 Å². The summed E-state index contributed by atoms with van der Waals surface area (Å²) in [6, 6.07) is 6.67. The lowest BCUT2D eigenvalue weighted by molar-refractivity contribution is -0.130. The molecule has 2 rings (SSSR count). The Morgan fingerprint density at radius 1 is 1.08 bits per heavy atom. The van der Waals surface area contributed by atoms with Crippen LogP contribution in [0.25, 0.3) is 0 Å². The summed E-state index contributed by atoms with van der Waals surface area (Å²) in [7, 11) is 3.24. The van der Waals surface area contributed by atoms with E-state index in [0.29, 0.717) is 40.7 Å². The number of hydrogen-bond acceptors (Lipinski definition) is 7. The van der Waals surface area contributed by atoms with Crippen LogP contribution in [-0.4, -0.2) is 59.6 Å². The number of likely N-dealkylation sites (N-methyl/N-ethyl adjacent to an activating group) is 1. The van der Waals surface area contributed by atoms with Gasteiger partial charge < -0.3 is 32.7 Å². The quantitative estimate of drug-likeness (QED) is 0.239. The third-order valence-electron chi connectivity index (χ3n) is 4.54. The minimum Gasteiger partial charge on any atom is -0.370 e. The number of aryl methyl sites for hydroxylation is 2. The van der Waals surface area contributed by atoms with E-state index in [1.165, 1.54) is 11.8 Å². The first kappa shape index (κ1) is 30.0. The maximum Gasteiger partial charge on any atom is 0.264 e. The topological polar surface area (TPSA) is 199 Å². The van der Waals surface area contributed by atoms with Gasteiger partial charge in [-0.15, -0.1) is 0 Å². The number of aromatic nitrogens is 1. The molecule has 12 nitrogen and oxygen atoms in total. The molecule has 8 N–H and O–H groups in total. The van der Waals surface area contributed by atoms with Crippen LogP contribution in [-0.2, 0) is 27.2 Å². The van der Waals surface area contributed by atoms with E-state index in [1.54, 1.807) is 40.1 Å². The van der Waals surface area contributed by atoms with Gasteiger partial charge in [0, 0.05) is 27.4 Å². The normalized spacial score (nSPS) is 10.8. The molecule has 0 bridgehead atoms. The van der Waals surface area contributed by atoms with Crippen molar-refractivity contribution in [2.45, 2.75) is 46.1 Å². The lowest BCUT2D eigenvalue weighted by Gasteiger charge is -2.17. The number of rotatable bonds is 9. The number of amides is 4. The van der Waals surface area contributed by atoms with E-state index in [4.69, 9.17) is 11.5 Å². The fraction of sp³-hybridized carbons (Fsp3) is 0.391. The first-order chi connectivity index (χ1) is 16.8. The maximum atomic E-state index is 12.8. The van der Waals surface area contributed by atoms with Crippen molar-refractivity contribution >= 4 is 51.7 Å². The molecule has 4 amide bonds. The molecule has 2 aromatic rings. The second-order valence-corrected chi connectivity index (χ2v) is 8.93. The average Bonchev–Trinajstić information content (AvgIpc) is 3.19. The Bertz CT molecular complexity index is 1090. The van der Waals surface area contributed by atoms with Gasteiger partial charge >= 0.3 is 0 Å². The van der Waals surface area contributed by atoms with Gasteiger partial charge in [0.15, 0.2) is 11.1 Å². The number of hydrogen-bond donors (Lipinski definition) is 5. The van der Waals surface area contributed by atoms with E-state index in [9.17, 15) is 19.2 Å². The molecule has 36 heavy (non-hydrogen) atoms. The van der Waals surface area contributed by atoms with Gasteiger partial charge in [-0.05, 0) is 37.5 Å². The number of nitrogens with two attached hydrogens (primary N) is 3. The van der Waals surface area contributed by atoms with Crippen LogP contribution in [0.2, 0.25) is 0 Å². The van der Waals surface area contributed by atoms with Crippen LogP contribution in [0, 0.1) is 0 Å². The Kier molecular flexibility index (Phi) is 12.0. The highest BCUT2D eigenvalue weighted by Gasteiger charge is 2.23. The van der Waals surface area contributed by atoms with Gasteiger partial charge in [0.2, 0.25) is 17.7 Å². The minimum atomic E-state index is -0.690. The van der Waals surface area contributed by atoms with Gasteiger partial charge in [0.1, 0.15) is 10.9 Å². The smallest absolute Gasteiger partial charge is 0.264 e. The molecule has 0 saturated carbocycles. The predicted molar refractivity (Wildman–Crippen MR) is 141 cm³/mol. The van der Waals surface area contributed by atoms with Crippen molar-refractivity contribution in [1.82, 2.24) is 15.2 Å². The first-order valence-electron chi connectivity index (χ1n) is 11.1. The number of carbonyl (C=O) groups excluding carboxylic acids is 4. The van der Waals surface area contributed by atoms with E-state index in [2.05, 4.69) is 26.3 Å². The van der Waals surface area contributed by atoms with Crippen molar-refractivity contribution in [3.8, 4) is 0 Å². The zero-order chi connectivity index (χ0) is 27.4. The number of guanidine groups is 1. The second kappa shape index (κ2) is 14.4. The SMILES string of the molecule is CC(=O)Nc1nc(CCc2ccc(N=C(N)N)cc2)c(C(=O)NC(C)C(=O)N(C)C)s1.CCC(N)=O. The van der Waals surface area contributed by atoms with Crippen LogP contribution in [0.1, 0.15) is 48.1 Å². The Hall–Kier alpha value is -4.00. The lowest BCUT2D eigenvalue weighted by Crippen LogP contribution is -2.44. The Morgan fingerprint density at radius 3 is 2.14 bits per heavy atom. The summed E-state index contributed by atoms with van der Waals surface area (Å²) >= 11 is 1.08. The number of aliphatic imine (C=N–C) groups is 1. The van der Waals surface area contributed by atoms with Crippen molar-refractivity contribution in [1.29, 1.82) is 0 Å². The zero-order valence-electron chi connectivity index (χ0n) is 21.1. The van der Waals surface area contributed by atoms with Crippen LogP contribution < -0.4 is 27.8 Å². The maximum absolute atomic E-state index is 12.8. The third-order valence-corrected chi connectivity index (χ3v) is 5.55. The number of benzene rings is 1. The molecule has 1 aromatic heterocycles. The highest BCUT2D eigenvalue weighted by molar-refractivity contribution is 7.17. The molecule has 1 unspecified atom stereocenters. The van der Waals surface area contributed by atoms with Gasteiger partial charge in [0.25, 0.3) is 5.91 Å². The van der Waals surface area contributed by atoms with E-state index in [1.807, 2.05) is 12.1 Å². The summed E-state index contributed by atoms with van der Waals surface area (Å²) in [6.07, 6.45) is 1.52. The fourth-order valence-electron chi connectivity index (χ4n) is 2.76. The number of nitrogens with one attached hydrogen (secondary N) is 2. The molecular weight excluding hydrogens is 484 g/mol. The highest BCUT2D eigenvalue weighted by Crippen LogP contribution is 2.25. The number of carbonyl (C=O) groups is 4. The van der Waals surface area contributed by atoms with E-state index >= 15 is 0 Å². The summed E-state index contributed by atoms with van der Waals surface area (Å²) in [5, 5.41) is 5.65. The van der Waals surface area contributed by atoms with Crippen molar-refractivity contribution in [3.05, 3.63) is 40.4 Å². The monoisotopic (exact) mass is 518 g/mol. The molecule has 196 valence electrons. The fourth-order valence-corrected chi connectivity index (χ4v) is 3.72. The van der Waals surface area contributed by atoms with E-state index in [0.717, 1.165) is 16.9 Å². The molecule has 0 aliphatic heterocycles. The molecule has 1 heterocycles. The summed E-state index contributed by atoms with van der Waals surface area (Å²) in [4.78, 5) is 56.0. The second-order valence-electron chi connectivity index (χ2n) is 7.93. The number of thiazole rings is 1. The molecule has 0 aliphatic rings. The molecule has 0 radical (unpaired) electrons. The van der Waals surface area contributed by atoms with E-state index < -0.39 is 11.9 Å². The molecule has 0 saturated heterocycles. The van der Waals surface area contributed by atoms with Gasteiger partial charge in [-0.2, -0.15) is 0 Å². The van der Waals surface area contributed by atoms with Gasteiger partial charge in [-0.3, -0.25) is 19.2 Å². The van der Waals surface area contributed by atoms with Crippen molar-refractivity contribution in [2.75, 3.05) is 19.4 Å². The molecule has 0 aliphatic carbocycles. The standard InChI is InChI=1S/C20H27N7O3S.C3H7NO/c1-11(18(30)27(3)4)23-17(29)16-15(26-20(31-16)24-12(2)28)10-7-13-5-8-14(9-6-13)25-19(21)22;1-2-3(4)5/h5-6,8-9,11H,7,10H2,1-4H3,(H,23,29)(H4,21,22,25)(H,24,26,28);2H2,1H3,(H2,4,5). The van der Waals surface area contributed by atoms with Crippen LogP contribution >= 0.6 is 11.3 Å². The van der Waals surface area contributed by atoms with Crippen LogP contribution in [0.4, 0.5) is 10.8 Å². The first-order valence-corrected chi connectivity index (χ1v) is 11.9. The van der Waals surface area contributed by atoms with Crippen LogP contribution in [0.5, 0.6) is 0 Å². The van der Waals surface area contributed by atoms with Crippen molar-refractivity contribution in [2.24, 2.45) is 22.2 Å². The number of nitrogens with zero attached hydrogens (tertiary/aromatic N) is 3. The molecule has 1 aromatic carbocycles. The Labute approximate surface area is 214 Å². The average molecular weight is 519 g/mol. The predicted octanol–water partition coefficient (Wildman–Crippen LogP) is 0.880. The Balaban J connectivity index is 0.00000118. The zero-order valence-corrected chi connectivity index (χ0v) is 21.9. The van der Waals surface area contributed by atoms with Gasteiger partial charge in [-0.25, -0.2) is 9.98 Å². The third kappa shape index (κ3) is 10.5. The molecule has 13 heteroatoms. The lowest BCUT2D eigenvalue weighted by atomic mass is 10.1. The van der Waals surface area contributed by atoms with E-state index in [-0.39, 0.29) is 23.7 Å². The largest absolute Gasteiger partial charge is 0.370 e. The summed E-state index contributed by atoms with van der Waals surface area (Å²) in [5.41, 5.74) is 17.6. The molecule has 1 atom stereocenters. The summed E-state index contributed by atoms with van der Waals surface area (Å²) in [5.74, 6) is -1.17. The minimum absolute atomic E-state index is 0.0154. The molecule has 0 spiro atoms. The van der Waals surface area contributed by atoms with Gasteiger partial charge in [-0.1, -0.05) is 30.4 Å². The van der Waals surface area contributed by atoms with Crippen LogP contribution in [0.15, 0.2) is 29.3 Å². The molecule has 0 fully saturated rings. The number of primary amides is 1. The van der Waals surface area contributed by atoms with Crippen LogP contribution in [0.3, 0.4) is 0 Å². The number of anilines is 1. The Morgan fingerprint density at radius 2 is 1.67 bits per heavy atom. The van der Waals surface area contributed by atoms with Crippen molar-refractivity contribution in [3.63, 3.8) is 0 Å².